The molecule has 2 atom stereocenters. The van der Waals surface area contributed by atoms with Gasteiger partial charge in [-0.25, -0.2) is 0 Å². The van der Waals surface area contributed by atoms with E-state index < -0.39 is 0 Å². The maximum atomic E-state index is 12.2. The van der Waals surface area contributed by atoms with Crippen molar-refractivity contribution in [2.24, 2.45) is 0 Å². The molecule has 1 N–H and O–H groups in total. The standard InChI is InChI=1S/C17H20ClN3O3/c1-11-19-16(24-21-11)4-2-3-15(22)20-14-9-10-23-17(14)12-5-7-13(18)8-6-12/h5-8,14,17H,2-4,9-10H2,1H3,(H,20,22). The fraction of sp³-hybridized carbons (Fsp3) is 0.471. The molecular weight excluding hydrogens is 330 g/mol. The van der Waals surface area contributed by atoms with Crippen LogP contribution in [0.25, 0.3) is 0 Å². The lowest BCUT2D eigenvalue weighted by Gasteiger charge is -2.20. The predicted octanol–water partition coefficient (Wildman–Crippen LogP) is 3.00. The van der Waals surface area contributed by atoms with Crippen molar-refractivity contribution in [3.63, 3.8) is 0 Å². The number of nitrogens with one attached hydrogen (secondary N) is 1. The second-order valence-electron chi connectivity index (χ2n) is 5.89. The second kappa shape index (κ2) is 7.77. The molecule has 0 spiro atoms. The number of halogens is 1. The van der Waals surface area contributed by atoms with E-state index in [9.17, 15) is 4.79 Å². The molecule has 0 saturated carbocycles. The van der Waals surface area contributed by atoms with Gasteiger partial charge < -0.3 is 14.6 Å². The summed E-state index contributed by atoms with van der Waals surface area (Å²) in [6.07, 6.45) is 2.39. The Balaban J connectivity index is 1.48. The minimum Gasteiger partial charge on any atom is -0.371 e. The zero-order valence-electron chi connectivity index (χ0n) is 13.5. The molecule has 2 unspecified atom stereocenters. The van der Waals surface area contributed by atoms with Crippen molar-refractivity contribution >= 4 is 17.5 Å². The van der Waals surface area contributed by atoms with Crippen molar-refractivity contribution in [3.05, 3.63) is 46.6 Å². The Hall–Kier alpha value is -1.92. The topological polar surface area (TPSA) is 77.2 Å². The molecule has 0 radical (unpaired) electrons. The van der Waals surface area contributed by atoms with E-state index in [-0.39, 0.29) is 18.1 Å². The quantitative estimate of drug-likeness (QED) is 0.867. The van der Waals surface area contributed by atoms with Crippen molar-refractivity contribution in [1.29, 1.82) is 0 Å². The minimum atomic E-state index is -0.121. The number of aryl methyl sites for hydroxylation is 2. The van der Waals surface area contributed by atoms with Gasteiger partial charge in [0.25, 0.3) is 0 Å². The average Bonchev–Trinajstić information content (AvgIpc) is 3.17. The van der Waals surface area contributed by atoms with Gasteiger partial charge in [-0.05, 0) is 37.5 Å². The molecule has 2 heterocycles. The third-order valence-corrected chi connectivity index (χ3v) is 4.25. The maximum Gasteiger partial charge on any atom is 0.226 e. The van der Waals surface area contributed by atoms with Gasteiger partial charge in [-0.2, -0.15) is 4.98 Å². The van der Waals surface area contributed by atoms with Crippen LogP contribution < -0.4 is 5.32 Å². The number of aromatic nitrogens is 2. The van der Waals surface area contributed by atoms with Crippen LogP contribution in [0.15, 0.2) is 28.8 Å². The van der Waals surface area contributed by atoms with Gasteiger partial charge in [0, 0.05) is 24.5 Å². The van der Waals surface area contributed by atoms with Crippen LogP contribution in [-0.4, -0.2) is 28.7 Å². The van der Waals surface area contributed by atoms with Gasteiger partial charge >= 0.3 is 0 Å². The van der Waals surface area contributed by atoms with Gasteiger partial charge in [0.05, 0.1) is 6.04 Å². The molecule has 2 aromatic rings. The predicted molar refractivity (Wildman–Crippen MR) is 88.7 cm³/mol. The lowest BCUT2D eigenvalue weighted by Crippen LogP contribution is -2.36. The lowest BCUT2D eigenvalue weighted by molar-refractivity contribution is -0.122. The molecule has 1 aliphatic rings. The number of rotatable bonds is 6. The third-order valence-electron chi connectivity index (χ3n) is 4.00. The minimum absolute atomic E-state index is 0.00988. The molecule has 24 heavy (non-hydrogen) atoms. The number of benzene rings is 1. The van der Waals surface area contributed by atoms with Crippen molar-refractivity contribution in [1.82, 2.24) is 15.5 Å². The number of amides is 1. The number of ether oxygens (including phenoxy) is 1. The van der Waals surface area contributed by atoms with Crippen LogP contribution >= 0.6 is 11.6 Å². The van der Waals surface area contributed by atoms with E-state index in [0.717, 1.165) is 12.0 Å². The van der Waals surface area contributed by atoms with E-state index in [1.807, 2.05) is 24.3 Å². The molecule has 1 aromatic heterocycles. The van der Waals surface area contributed by atoms with Crippen LogP contribution in [0.5, 0.6) is 0 Å². The normalized spacial score (nSPS) is 20.2. The molecule has 1 saturated heterocycles. The van der Waals surface area contributed by atoms with Crippen molar-refractivity contribution < 1.29 is 14.1 Å². The van der Waals surface area contributed by atoms with E-state index in [1.54, 1.807) is 6.92 Å². The molecular formula is C17H20ClN3O3. The van der Waals surface area contributed by atoms with Crippen molar-refractivity contribution in [2.45, 2.75) is 44.8 Å². The Bertz CT molecular complexity index is 687. The number of hydrogen-bond acceptors (Lipinski definition) is 5. The largest absolute Gasteiger partial charge is 0.371 e. The zero-order valence-corrected chi connectivity index (χ0v) is 14.3. The van der Waals surface area contributed by atoms with E-state index in [2.05, 4.69) is 15.5 Å². The summed E-state index contributed by atoms with van der Waals surface area (Å²) in [4.78, 5) is 16.3. The van der Waals surface area contributed by atoms with Gasteiger partial charge in [-0.3, -0.25) is 4.79 Å². The number of hydrogen-bond donors (Lipinski definition) is 1. The van der Waals surface area contributed by atoms with E-state index in [1.165, 1.54) is 0 Å². The summed E-state index contributed by atoms with van der Waals surface area (Å²) in [6.45, 7) is 2.41. The van der Waals surface area contributed by atoms with Crippen molar-refractivity contribution in [2.75, 3.05) is 6.61 Å². The SMILES string of the molecule is Cc1noc(CCCC(=O)NC2CCOC2c2ccc(Cl)cc2)n1. The lowest BCUT2D eigenvalue weighted by atomic mass is 10.0. The van der Waals surface area contributed by atoms with Crippen molar-refractivity contribution in [3.8, 4) is 0 Å². The molecule has 7 heteroatoms. The second-order valence-corrected chi connectivity index (χ2v) is 6.33. The first-order chi connectivity index (χ1) is 11.6. The number of nitrogens with zero attached hydrogens (tertiary/aromatic N) is 2. The summed E-state index contributed by atoms with van der Waals surface area (Å²) in [5.74, 6) is 1.20. The summed E-state index contributed by atoms with van der Waals surface area (Å²) < 4.78 is 10.8. The first kappa shape index (κ1) is 16.9. The highest BCUT2D eigenvalue weighted by atomic mass is 35.5. The Morgan fingerprint density at radius 1 is 1.38 bits per heavy atom. The molecule has 3 rings (SSSR count). The van der Waals surface area contributed by atoms with Gasteiger partial charge in [0.2, 0.25) is 11.8 Å². The number of carbonyl (C=O) groups excluding carboxylic acids is 1. The van der Waals surface area contributed by atoms with Gasteiger partial charge in [-0.15, -0.1) is 0 Å². The summed E-state index contributed by atoms with van der Waals surface area (Å²) >= 11 is 5.92. The third kappa shape index (κ3) is 4.33. The van der Waals surface area contributed by atoms with Gasteiger partial charge in [0.1, 0.15) is 6.10 Å². The van der Waals surface area contributed by atoms with Crippen LogP contribution in [0.1, 0.15) is 42.6 Å². The first-order valence-electron chi connectivity index (χ1n) is 8.07. The van der Waals surface area contributed by atoms with E-state index in [0.29, 0.717) is 42.6 Å². The van der Waals surface area contributed by atoms with Crippen LogP contribution in [0, 0.1) is 6.92 Å². The molecule has 0 aliphatic carbocycles. The highest BCUT2D eigenvalue weighted by Gasteiger charge is 2.30. The highest BCUT2D eigenvalue weighted by molar-refractivity contribution is 6.30. The summed E-state index contributed by atoms with van der Waals surface area (Å²) in [5.41, 5.74) is 1.03. The van der Waals surface area contributed by atoms with E-state index in [4.69, 9.17) is 20.9 Å². The summed E-state index contributed by atoms with van der Waals surface area (Å²) in [7, 11) is 0. The van der Waals surface area contributed by atoms with E-state index >= 15 is 0 Å². The Morgan fingerprint density at radius 3 is 2.88 bits per heavy atom. The Labute approximate surface area is 145 Å². The molecule has 1 fully saturated rings. The van der Waals surface area contributed by atoms with Crippen LogP contribution in [0.3, 0.4) is 0 Å². The van der Waals surface area contributed by atoms with Gasteiger partial charge in [-0.1, -0.05) is 28.9 Å². The molecule has 1 aliphatic heterocycles. The summed E-state index contributed by atoms with van der Waals surface area (Å²) in [5, 5.41) is 7.49. The molecule has 1 aromatic carbocycles. The Kier molecular flexibility index (Phi) is 5.48. The molecule has 128 valence electrons. The highest BCUT2D eigenvalue weighted by Crippen LogP contribution is 2.30. The number of carbonyl (C=O) groups is 1. The maximum absolute atomic E-state index is 12.2. The first-order valence-corrected chi connectivity index (χ1v) is 8.45. The zero-order chi connectivity index (χ0) is 16.9. The molecule has 1 amide bonds. The average molecular weight is 350 g/mol. The Morgan fingerprint density at radius 2 is 2.17 bits per heavy atom. The fourth-order valence-electron chi connectivity index (χ4n) is 2.84. The van der Waals surface area contributed by atoms with Crippen LogP contribution in [0.4, 0.5) is 0 Å². The van der Waals surface area contributed by atoms with Crippen LogP contribution in [0.2, 0.25) is 5.02 Å². The molecule has 6 nitrogen and oxygen atoms in total. The van der Waals surface area contributed by atoms with Gasteiger partial charge in [0.15, 0.2) is 5.82 Å². The fourth-order valence-corrected chi connectivity index (χ4v) is 2.97. The molecule has 0 bridgehead atoms. The van der Waals surface area contributed by atoms with Crippen LogP contribution in [-0.2, 0) is 16.0 Å². The smallest absolute Gasteiger partial charge is 0.226 e. The summed E-state index contributed by atoms with van der Waals surface area (Å²) in [6, 6.07) is 7.54. The monoisotopic (exact) mass is 349 g/mol.